The van der Waals surface area contributed by atoms with Crippen molar-refractivity contribution < 1.29 is 22.7 Å². The number of halogens is 3. The first-order valence-corrected chi connectivity index (χ1v) is 11.1. The van der Waals surface area contributed by atoms with Crippen molar-refractivity contribution in [2.24, 2.45) is 7.05 Å². The Hall–Kier alpha value is -3.54. The second kappa shape index (κ2) is 9.25. The number of benzene rings is 1. The van der Waals surface area contributed by atoms with Gasteiger partial charge in [0.05, 0.1) is 12.4 Å². The van der Waals surface area contributed by atoms with Gasteiger partial charge in [0.25, 0.3) is 0 Å². The minimum atomic E-state index is -5.15. The molecule has 9 nitrogen and oxygen atoms in total. The van der Waals surface area contributed by atoms with Gasteiger partial charge in [-0.15, -0.1) is 10.2 Å². The van der Waals surface area contributed by atoms with E-state index in [0.29, 0.717) is 29.7 Å². The highest BCUT2D eigenvalue weighted by atomic mass is 19.4. The molecule has 0 aliphatic carbocycles. The zero-order chi connectivity index (χ0) is 25.4. The SMILES string of the molecule is CC(C)NC1(C)CCN(c2ncc(-c3ccc(-c4cnn(C)c4)cc3OC(=O)C(F)(F)F)nn2)C1. The summed E-state index contributed by atoms with van der Waals surface area (Å²) >= 11 is 0. The Balaban J connectivity index is 1.62. The smallest absolute Gasteiger partial charge is 0.419 e. The van der Waals surface area contributed by atoms with Crippen LogP contribution in [0.3, 0.4) is 0 Å². The van der Waals surface area contributed by atoms with Crippen LogP contribution in [0.2, 0.25) is 0 Å². The van der Waals surface area contributed by atoms with Gasteiger partial charge in [-0.25, -0.2) is 9.78 Å². The average molecular weight is 490 g/mol. The first-order chi connectivity index (χ1) is 16.4. The van der Waals surface area contributed by atoms with Crippen LogP contribution in [0.5, 0.6) is 5.75 Å². The zero-order valence-corrected chi connectivity index (χ0v) is 19.8. The Kier molecular flexibility index (Phi) is 6.50. The van der Waals surface area contributed by atoms with Crippen LogP contribution in [-0.2, 0) is 11.8 Å². The second-order valence-electron chi connectivity index (χ2n) is 9.18. The third-order valence-electron chi connectivity index (χ3n) is 5.67. The number of esters is 1. The van der Waals surface area contributed by atoms with Crippen LogP contribution in [0.4, 0.5) is 19.1 Å². The van der Waals surface area contributed by atoms with Gasteiger partial charge in [0.15, 0.2) is 0 Å². The highest BCUT2D eigenvalue weighted by Gasteiger charge is 2.42. The zero-order valence-electron chi connectivity index (χ0n) is 19.8. The molecule has 0 bridgehead atoms. The van der Waals surface area contributed by atoms with Crippen molar-refractivity contribution in [3.8, 4) is 28.1 Å². The molecule has 12 heteroatoms. The van der Waals surface area contributed by atoms with E-state index in [1.54, 1.807) is 30.2 Å². The molecule has 1 aliphatic heterocycles. The lowest BCUT2D eigenvalue weighted by Gasteiger charge is -2.28. The summed E-state index contributed by atoms with van der Waals surface area (Å²) in [4.78, 5) is 18.0. The van der Waals surface area contributed by atoms with Crippen molar-refractivity contribution >= 4 is 11.9 Å². The average Bonchev–Trinajstić information content (AvgIpc) is 3.38. The minimum absolute atomic E-state index is 0.0860. The van der Waals surface area contributed by atoms with Crippen molar-refractivity contribution in [3.05, 3.63) is 36.8 Å². The predicted octanol–water partition coefficient (Wildman–Crippen LogP) is 3.37. The number of ether oxygens (including phenoxy) is 1. The molecule has 1 unspecified atom stereocenters. The molecule has 0 spiro atoms. The standard InChI is InChI=1S/C23H26F3N7O2/c1-14(2)29-22(3)7-8-33(13-22)21-27-11-18(30-31-21)17-6-5-15(16-10-28-32(4)12-16)9-19(17)35-20(34)23(24,25)26/h5-6,9-12,14,29H,7-8,13H2,1-4H3. The lowest BCUT2D eigenvalue weighted by molar-refractivity contribution is -0.189. The summed E-state index contributed by atoms with van der Waals surface area (Å²) in [6.45, 7) is 7.75. The fraction of sp³-hybridized carbons (Fsp3) is 0.435. The largest absolute Gasteiger partial charge is 0.491 e. The number of hydrogen-bond acceptors (Lipinski definition) is 8. The fourth-order valence-electron chi connectivity index (χ4n) is 4.21. The summed E-state index contributed by atoms with van der Waals surface area (Å²) in [6.07, 6.45) is 0.417. The molecule has 1 N–H and O–H groups in total. The third kappa shape index (κ3) is 5.59. The summed E-state index contributed by atoms with van der Waals surface area (Å²) in [5.74, 6) is -2.20. The molecule has 1 aromatic carbocycles. The minimum Gasteiger partial charge on any atom is -0.419 e. The molecule has 3 aromatic rings. The van der Waals surface area contributed by atoms with E-state index in [9.17, 15) is 18.0 Å². The van der Waals surface area contributed by atoms with E-state index in [1.807, 2.05) is 4.90 Å². The lowest BCUT2D eigenvalue weighted by Crippen LogP contribution is -2.48. The van der Waals surface area contributed by atoms with Gasteiger partial charge in [0.1, 0.15) is 11.4 Å². The van der Waals surface area contributed by atoms with Gasteiger partial charge in [0.2, 0.25) is 5.95 Å². The Morgan fingerprint density at radius 1 is 1.20 bits per heavy atom. The lowest BCUT2D eigenvalue weighted by atomic mass is 10.0. The van der Waals surface area contributed by atoms with Gasteiger partial charge in [-0.3, -0.25) is 4.68 Å². The Labute approximate surface area is 200 Å². The first kappa shape index (κ1) is 24.6. The van der Waals surface area contributed by atoms with E-state index in [2.05, 4.69) is 46.4 Å². The molecule has 0 amide bonds. The molecular weight excluding hydrogens is 463 g/mol. The molecule has 35 heavy (non-hydrogen) atoms. The fourth-order valence-corrected chi connectivity index (χ4v) is 4.21. The highest BCUT2D eigenvalue weighted by molar-refractivity contribution is 5.82. The molecule has 0 saturated carbocycles. The normalized spacial score (nSPS) is 18.3. The monoisotopic (exact) mass is 489 g/mol. The number of aromatic nitrogens is 5. The quantitative estimate of drug-likeness (QED) is 0.416. The number of anilines is 1. The van der Waals surface area contributed by atoms with Gasteiger partial charge in [-0.2, -0.15) is 18.3 Å². The van der Waals surface area contributed by atoms with Crippen molar-refractivity contribution in [1.82, 2.24) is 30.3 Å². The molecule has 1 fully saturated rings. The maximum absolute atomic E-state index is 12.9. The molecule has 186 valence electrons. The number of alkyl halides is 3. The van der Waals surface area contributed by atoms with Gasteiger partial charge in [-0.1, -0.05) is 19.9 Å². The van der Waals surface area contributed by atoms with E-state index >= 15 is 0 Å². The molecule has 1 aliphatic rings. The van der Waals surface area contributed by atoms with Crippen LogP contribution in [0, 0.1) is 0 Å². The van der Waals surface area contributed by atoms with E-state index in [-0.39, 0.29) is 22.5 Å². The van der Waals surface area contributed by atoms with Crippen molar-refractivity contribution in [2.45, 2.75) is 44.9 Å². The molecule has 4 rings (SSSR count). The summed E-state index contributed by atoms with van der Waals surface area (Å²) in [5, 5.41) is 16.0. The van der Waals surface area contributed by atoms with Crippen molar-refractivity contribution in [1.29, 1.82) is 0 Å². The molecule has 3 heterocycles. The topological polar surface area (TPSA) is 98.1 Å². The van der Waals surface area contributed by atoms with E-state index in [4.69, 9.17) is 4.74 Å². The van der Waals surface area contributed by atoms with Gasteiger partial charge >= 0.3 is 12.1 Å². The maximum Gasteiger partial charge on any atom is 0.491 e. The molecule has 1 saturated heterocycles. The number of aryl methyl sites for hydroxylation is 1. The number of hydrogen-bond donors (Lipinski definition) is 1. The Morgan fingerprint density at radius 2 is 1.97 bits per heavy atom. The predicted molar refractivity (Wildman–Crippen MR) is 123 cm³/mol. The molecule has 1 atom stereocenters. The first-order valence-electron chi connectivity index (χ1n) is 11.1. The van der Waals surface area contributed by atoms with Crippen LogP contribution in [0.25, 0.3) is 22.4 Å². The van der Waals surface area contributed by atoms with Crippen molar-refractivity contribution in [2.75, 3.05) is 18.0 Å². The Bertz CT molecular complexity index is 1210. The summed E-state index contributed by atoms with van der Waals surface area (Å²) in [7, 11) is 1.72. The molecule has 2 aromatic heterocycles. The highest BCUT2D eigenvalue weighted by Crippen LogP contribution is 2.35. The van der Waals surface area contributed by atoms with Crippen LogP contribution in [0.15, 0.2) is 36.8 Å². The number of carbonyl (C=O) groups excluding carboxylic acids is 1. The maximum atomic E-state index is 12.9. The number of rotatable bonds is 6. The van der Waals surface area contributed by atoms with Crippen LogP contribution in [-0.4, -0.2) is 61.8 Å². The van der Waals surface area contributed by atoms with E-state index in [1.165, 1.54) is 18.3 Å². The summed E-state index contributed by atoms with van der Waals surface area (Å²) < 4.78 is 45.0. The number of nitrogens with one attached hydrogen (secondary N) is 1. The van der Waals surface area contributed by atoms with Crippen LogP contribution >= 0.6 is 0 Å². The summed E-state index contributed by atoms with van der Waals surface area (Å²) in [6, 6.07) is 4.87. The Morgan fingerprint density at radius 3 is 2.57 bits per heavy atom. The van der Waals surface area contributed by atoms with Gasteiger partial charge in [-0.05, 0) is 31.0 Å². The second-order valence-corrected chi connectivity index (χ2v) is 9.18. The molecule has 0 radical (unpaired) electrons. The number of nitrogens with zero attached hydrogens (tertiary/aromatic N) is 6. The van der Waals surface area contributed by atoms with Crippen LogP contribution in [0.1, 0.15) is 27.2 Å². The van der Waals surface area contributed by atoms with Gasteiger partial charge < -0.3 is 15.0 Å². The van der Waals surface area contributed by atoms with Gasteiger partial charge in [0, 0.05) is 49.0 Å². The summed E-state index contributed by atoms with van der Waals surface area (Å²) in [5.41, 5.74) is 1.43. The molecular formula is C23H26F3N7O2. The van der Waals surface area contributed by atoms with Crippen LogP contribution < -0.4 is 15.0 Å². The third-order valence-corrected chi connectivity index (χ3v) is 5.67. The van der Waals surface area contributed by atoms with Crippen molar-refractivity contribution in [3.63, 3.8) is 0 Å². The number of carbonyl (C=O) groups is 1. The van der Waals surface area contributed by atoms with E-state index in [0.717, 1.165) is 13.0 Å². The van der Waals surface area contributed by atoms with E-state index < -0.39 is 12.1 Å².